The summed E-state index contributed by atoms with van der Waals surface area (Å²) in [6.45, 7) is 0.801. The Balaban J connectivity index is 1.43. The Bertz CT molecular complexity index is 884. The van der Waals surface area contributed by atoms with Gasteiger partial charge in [-0.25, -0.2) is 4.98 Å². The van der Waals surface area contributed by atoms with Crippen LogP contribution in [0.15, 0.2) is 78.2 Å². The van der Waals surface area contributed by atoms with Crippen molar-refractivity contribution in [3.05, 3.63) is 89.9 Å². The topological polar surface area (TPSA) is 46.1 Å². The largest absolute Gasteiger partial charge is 0.332 e. The van der Waals surface area contributed by atoms with Crippen molar-refractivity contribution in [1.82, 2.24) is 14.9 Å². The fraction of sp³-hybridized carbons (Fsp3) is 0.227. The van der Waals surface area contributed by atoms with Crippen LogP contribution in [0.3, 0.4) is 0 Å². The van der Waals surface area contributed by atoms with E-state index in [4.69, 9.17) is 0 Å². The maximum absolute atomic E-state index is 13.0. The van der Waals surface area contributed by atoms with Crippen LogP contribution >= 0.6 is 11.8 Å². The average molecular weight is 375 g/mol. The molecule has 4 rings (SSSR count). The van der Waals surface area contributed by atoms with Crippen molar-refractivity contribution in [1.29, 1.82) is 0 Å². The van der Waals surface area contributed by atoms with Gasteiger partial charge in [-0.1, -0.05) is 24.3 Å². The van der Waals surface area contributed by atoms with E-state index in [0.717, 1.165) is 41.3 Å². The number of amides is 1. The fourth-order valence-electron chi connectivity index (χ4n) is 3.43. The number of thioether (sulfide) groups is 1. The van der Waals surface area contributed by atoms with Gasteiger partial charge in [0, 0.05) is 36.5 Å². The highest BCUT2D eigenvalue weighted by atomic mass is 32.2. The maximum Gasteiger partial charge on any atom is 0.254 e. The van der Waals surface area contributed by atoms with Gasteiger partial charge in [0.05, 0.1) is 11.1 Å². The van der Waals surface area contributed by atoms with Crippen LogP contribution in [-0.2, 0) is 5.75 Å². The molecule has 0 radical (unpaired) electrons. The van der Waals surface area contributed by atoms with E-state index in [-0.39, 0.29) is 11.9 Å². The van der Waals surface area contributed by atoms with Crippen LogP contribution in [0.1, 0.15) is 40.4 Å². The van der Waals surface area contributed by atoms with Crippen LogP contribution in [-0.4, -0.2) is 27.3 Å². The van der Waals surface area contributed by atoms with Crippen molar-refractivity contribution >= 4 is 17.7 Å². The lowest BCUT2D eigenvalue weighted by molar-refractivity contribution is 0.0735. The van der Waals surface area contributed by atoms with Crippen LogP contribution in [0, 0.1) is 0 Å². The number of nitrogens with zero attached hydrogens (tertiary/aromatic N) is 3. The van der Waals surface area contributed by atoms with Gasteiger partial charge in [-0.2, -0.15) is 0 Å². The molecular weight excluding hydrogens is 354 g/mol. The molecule has 5 heteroatoms. The Morgan fingerprint density at radius 1 is 1.07 bits per heavy atom. The zero-order chi connectivity index (χ0) is 18.5. The zero-order valence-corrected chi connectivity index (χ0v) is 15.8. The number of hydrogen-bond donors (Lipinski definition) is 0. The van der Waals surface area contributed by atoms with Crippen molar-refractivity contribution < 1.29 is 4.79 Å². The molecule has 0 saturated carbocycles. The first-order valence-electron chi connectivity index (χ1n) is 9.15. The van der Waals surface area contributed by atoms with Crippen LogP contribution in [0.5, 0.6) is 0 Å². The summed E-state index contributed by atoms with van der Waals surface area (Å²) in [5.74, 6) is 0.943. The third kappa shape index (κ3) is 4.19. The Morgan fingerprint density at radius 2 is 1.96 bits per heavy atom. The molecule has 1 amide bonds. The first kappa shape index (κ1) is 17.7. The van der Waals surface area contributed by atoms with E-state index >= 15 is 0 Å². The summed E-state index contributed by atoms with van der Waals surface area (Å²) in [6.07, 6.45) is 7.47. The first-order valence-corrected chi connectivity index (χ1v) is 10.1. The third-order valence-electron chi connectivity index (χ3n) is 4.81. The second-order valence-electron chi connectivity index (χ2n) is 6.60. The molecule has 1 unspecified atom stereocenters. The minimum Gasteiger partial charge on any atom is -0.332 e. The molecule has 0 aliphatic carbocycles. The molecule has 27 heavy (non-hydrogen) atoms. The molecule has 1 fully saturated rings. The quantitative estimate of drug-likeness (QED) is 0.604. The Hall–Kier alpha value is -2.66. The number of carbonyl (C=O) groups is 1. The second kappa shape index (κ2) is 8.35. The Kier molecular flexibility index (Phi) is 5.49. The number of aromatic nitrogens is 2. The van der Waals surface area contributed by atoms with E-state index in [2.05, 4.69) is 16.0 Å². The molecule has 4 nitrogen and oxygen atoms in total. The van der Waals surface area contributed by atoms with Crippen molar-refractivity contribution in [3.8, 4) is 0 Å². The van der Waals surface area contributed by atoms with E-state index in [1.165, 1.54) is 5.56 Å². The average Bonchev–Trinajstić information content (AvgIpc) is 3.23. The van der Waals surface area contributed by atoms with Crippen LogP contribution in [0.25, 0.3) is 0 Å². The minimum absolute atomic E-state index is 0.102. The molecule has 1 saturated heterocycles. The number of pyridine rings is 2. The third-order valence-corrected chi connectivity index (χ3v) is 5.82. The summed E-state index contributed by atoms with van der Waals surface area (Å²) < 4.78 is 0. The number of rotatable bonds is 5. The summed E-state index contributed by atoms with van der Waals surface area (Å²) in [6, 6.07) is 18.0. The molecule has 1 aromatic carbocycles. The van der Waals surface area contributed by atoms with Gasteiger partial charge >= 0.3 is 0 Å². The molecule has 1 aliphatic heterocycles. The molecular formula is C22H21N3OS. The lowest BCUT2D eigenvalue weighted by Gasteiger charge is -2.25. The smallest absolute Gasteiger partial charge is 0.254 e. The highest BCUT2D eigenvalue weighted by molar-refractivity contribution is 7.98. The molecule has 0 spiro atoms. The summed E-state index contributed by atoms with van der Waals surface area (Å²) >= 11 is 1.70. The van der Waals surface area contributed by atoms with Gasteiger partial charge in [0.25, 0.3) is 5.91 Å². The molecule has 1 aliphatic rings. The van der Waals surface area contributed by atoms with Crippen molar-refractivity contribution in [2.45, 2.75) is 29.7 Å². The van der Waals surface area contributed by atoms with Gasteiger partial charge < -0.3 is 4.90 Å². The van der Waals surface area contributed by atoms with E-state index in [1.54, 1.807) is 24.2 Å². The van der Waals surface area contributed by atoms with E-state index in [1.807, 2.05) is 59.6 Å². The molecule has 3 aromatic rings. The molecule has 3 heterocycles. The van der Waals surface area contributed by atoms with E-state index in [0.29, 0.717) is 0 Å². The standard InChI is InChI=1S/C22H21N3OS/c26-22(25-14-4-6-20(25)19-5-3-12-23-15-19)18-10-8-17(9-11-18)16-27-21-7-1-2-13-24-21/h1-3,5,7-13,15,20H,4,6,14,16H2. The molecule has 1 atom stereocenters. The molecule has 0 bridgehead atoms. The Labute approximate surface area is 163 Å². The highest BCUT2D eigenvalue weighted by Crippen LogP contribution is 2.32. The van der Waals surface area contributed by atoms with Gasteiger partial charge in [0.1, 0.15) is 0 Å². The van der Waals surface area contributed by atoms with Gasteiger partial charge in [-0.05, 0) is 54.3 Å². The fourth-order valence-corrected chi connectivity index (χ4v) is 4.25. The molecule has 136 valence electrons. The summed E-state index contributed by atoms with van der Waals surface area (Å²) in [7, 11) is 0. The number of benzene rings is 1. The van der Waals surface area contributed by atoms with Crippen LogP contribution in [0.4, 0.5) is 0 Å². The SMILES string of the molecule is O=C(c1ccc(CSc2ccccn2)cc1)N1CCCC1c1cccnc1. The second-order valence-corrected chi connectivity index (χ2v) is 7.59. The number of likely N-dealkylation sites (tertiary alicyclic amines) is 1. The highest BCUT2D eigenvalue weighted by Gasteiger charge is 2.30. The monoisotopic (exact) mass is 375 g/mol. The number of hydrogen-bond acceptors (Lipinski definition) is 4. The van der Waals surface area contributed by atoms with Gasteiger partial charge in [0.15, 0.2) is 0 Å². The van der Waals surface area contributed by atoms with Crippen molar-refractivity contribution in [2.75, 3.05) is 6.54 Å². The summed E-state index contributed by atoms with van der Waals surface area (Å²) in [4.78, 5) is 23.5. The minimum atomic E-state index is 0.102. The van der Waals surface area contributed by atoms with Crippen LogP contribution < -0.4 is 0 Å². The lowest BCUT2D eigenvalue weighted by Crippen LogP contribution is -2.30. The Morgan fingerprint density at radius 3 is 2.70 bits per heavy atom. The maximum atomic E-state index is 13.0. The van der Waals surface area contributed by atoms with Crippen molar-refractivity contribution in [2.24, 2.45) is 0 Å². The zero-order valence-electron chi connectivity index (χ0n) is 15.0. The first-order chi connectivity index (χ1) is 13.3. The normalized spacial score (nSPS) is 16.4. The van der Waals surface area contributed by atoms with E-state index in [9.17, 15) is 4.79 Å². The molecule has 0 N–H and O–H groups in total. The summed E-state index contributed by atoms with van der Waals surface area (Å²) in [5, 5.41) is 1.01. The molecule has 2 aromatic heterocycles. The predicted octanol–water partition coefficient (Wildman–Crippen LogP) is 4.75. The lowest BCUT2D eigenvalue weighted by atomic mass is 10.1. The number of carbonyl (C=O) groups excluding carboxylic acids is 1. The van der Waals surface area contributed by atoms with Gasteiger partial charge in [0.2, 0.25) is 0 Å². The van der Waals surface area contributed by atoms with E-state index < -0.39 is 0 Å². The van der Waals surface area contributed by atoms with Gasteiger partial charge in [-0.3, -0.25) is 9.78 Å². The van der Waals surface area contributed by atoms with Crippen molar-refractivity contribution in [3.63, 3.8) is 0 Å². The summed E-state index contributed by atoms with van der Waals surface area (Å²) in [5.41, 5.74) is 3.05. The van der Waals surface area contributed by atoms with Gasteiger partial charge in [-0.15, -0.1) is 11.8 Å². The van der Waals surface area contributed by atoms with Crippen LogP contribution in [0.2, 0.25) is 0 Å². The predicted molar refractivity (Wildman–Crippen MR) is 107 cm³/mol.